The molecule has 2 N–H and O–H groups in total. The molecule has 0 fully saturated rings. The Kier molecular flexibility index (Phi) is 3.90. The Hall–Kier alpha value is -2.30. The van der Waals surface area contributed by atoms with E-state index < -0.39 is 0 Å². The second-order valence-corrected chi connectivity index (χ2v) is 4.97. The van der Waals surface area contributed by atoms with Gasteiger partial charge in [-0.1, -0.05) is 18.2 Å². The van der Waals surface area contributed by atoms with Gasteiger partial charge in [0.15, 0.2) is 0 Å². The number of nitrogens with one attached hydrogen (secondary N) is 1. The van der Waals surface area contributed by atoms with Crippen molar-refractivity contribution in [2.45, 2.75) is 13.0 Å². The van der Waals surface area contributed by atoms with E-state index in [1.54, 1.807) is 0 Å². The summed E-state index contributed by atoms with van der Waals surface area (Å²) < 4.78 is 11.5. The molecule has 1 aliphatic rings. The molecule has 1 atom stereocenters. The molecule has 1 aliphatic heterocycles. The maximum absolute atomic E-state index is 9.01. The van der Waals surface area contributed by atoms with Gasteiger partial charge in [0, 0.05) is 5.56 Å². The number of para-hydroxylation sites is 1. The summed E-state index contributed by atoms with van der Waals surface area (Å²) in [5, 5.41) is 9.01. The highest BCUT2D eigenvalue weighted by atomic mass is 16.5. The van der Waals surface area contributed by atoms with Gasteiger partial charge in [-0.05, 0) is 48.9 Å². The third kappa shape index (κ3) is 3.07. The molecule has 0 aliphatic carbocycles. The van der Waals surface area contributed by atoms with Gasteiger partial charge in [-0.25, -0.2) is 0 Å². The van der Waals surface area contributed by atoms with E-state index in [0.717, 1.165) is 28.4 Å². The van der Waals surface area contributed by atoms with Crippen LogP contribution in [0, 0.1) is 0 Å². The number of hydroxylamine groups is 1. The number of rotatable bonds is 4. The van der Waals surface area contributed by atoms with Crippen molar-refractivity contribution >= 4 is 6.08 Å². The van der Waals surface area contributed by atoms with Crippen LogP contribution in [0.5, 0.6) is 17.2 Å². The lowest BCUT2D eigenvalue weighted by molar-refractivity contribution is 0.140. The van der Waals surface area contributed by atoms with Crippen molar-refractivity contribution in [3.8, 4) is 17.2 Å². The molecule has 108 valence electrons. The average Bonchev–Trinajstić information content (AvgIpc) is 2.54. The number of hydrogen-bond acceptors (Lipinski definition) is 4. The highest BCUT2D eigenvalue weighted by Gasteiger charge is 2.16. The second-order valence-electron chi connectivity index (χ2n) is 4.97. The van der Waals surface area contributed by atoms with Crippen LogP contribution < -0.4 is 15.0 Å². The molecule has 0 saturated heterocycles. The Labute approximate surface area is 123 Å². The molecule has 21 heavy (non-hydrogen) atoms. The minimum atomic E-state index is -0.142. The quantitative estimate of drug-likeness (QED) is 0.841. The molecule has 1 heterocycles. The van der Waals surface area contributed by atoms with Crippen LogP contribution in [-0.2, 0) is 0 Å². The van der Waals surface area contributed by atoms with Gasteiger partial charge in [-0.15, -0.1) is 0 Å². The van der Waals surface area contributed by atoms with Gasteiger partial charge < -0.3 is 14.7 Å². The fraction of sp³-hybridized carbons (Fsp3) is 0.176. The largest absolute Gasteiger partial charge is 0.489 e. The average molecular weight is 283 g/mol. The van der Waals surface area contributed by atoms with E-state index in [0.29, 0.717) is 6.61 Å². The monoisotopic (exact) mass is 283 g/mol. The zero-order valence-electron chi connectivity index (χ0n) is 11.7. The first-order valence-corrected chi connectivity index (χ1v) is 6.86. The van der Waals surface area contributed by atoms with Crippen LogP contribution >= 0.6 is 0 Å². The van der Waals surface area contributed by atoms with Crippen LogP contribution in [0.2, 0.25) is 0 Å². The van der Waals surface area contributed by atoms with Crippen molar-refractivity contribution in [1.29, 1.82) is 0 Å². The van der Waals surface area contributed by atoms with Gasteiger partial charge in [-0.2, -0.15) is 5.48 Å². The third-order valence-electron chi connectivity index (χ3n) is 3.45. The summed E-state index contributed by atoms with van der Waals surface area (Å²) in [7, 11) is 0. The Morgan fingerprint density at radius 1 is 1.14 bits per heavy atom. The first-order chi connectivity index (χ1) is 10.3. The standard InChI is InChI=1S/C17H17NO3/c1-12(18-19)14-9-13-10-16(7-8-17(13)20-11-14)21-15-5-3-2-4-6-15/h2-10,12,18-19H,11H2,1H3/t12-/m1/s1. The molecule has 0 radical (unpaired) electrons. The molecule has 0 saturated carbocycles. The van der Waals surface area contributed by atoms with Crippen LogP contribution in [0.4, 0.5) is 0 Å². The van der Waals surface area contributed by atoms with Crippen LogP contribution in [0.3, 0.4) is 0 Å². The maximum atomic E-state index is 9.01. The Bertz CT molecular complexity index is 652. The fourth-order valence-corrected chi connectivity index (χ4v) is 2.19. The van der Waals surface area contributed by atoms with Crippen molar-refractivity contribution < 1.29 is 14.7 Å². The molecule has 0 unspecified atom stereocenters. The molecule has 0 amide bonds. The van der Waals surface area contributed by atoms with Crippen molar-refractivity contribution in [1.82, 2.24) is 5.48 Å². The minimum absolute atomic E-state index is 0.142. The van der Waals surface area contributed by atoms with Crippen LogP contribution in [0.1, 0.15) is 12.5 Å². The van der Waals surface area contributed by atoms with Gasteiger partial charge in [0.05, 0.1) is 6.04 Å². The van der Waals surface area contributed by atoms with Gasteiger partial charge in [0.25, 0.3) is 0 Å². The smallest absolute Gasteiger partial charge is 0.128 e. The van der Waals surface area contributed by atoms with E-state index in [2.05, 4.69) is 5.48 Å². The predicted octanol–water partition coefficient (Wildman–Crippen LogP) is 3.62. The molecule has 0 bridgehead atoms. The second kappa shape index (κ2) is 5.99. The Morgan fingerprint density at radius 3 is 2.71 bits per heavy atom. The molecule has 2 aromatic carbocycles. The molecular formula is C17H17NO3. The topological polar surface area (TPSA) is 50.7 Å². The fourth-order valence-electron chi connectivity index (χ4n) is 2.19. The van der Waals surface area contributed by atoms with E-state index in [1.807, 2.05) is 61.5 Å². The first-order valence-electron chi connectivity index (χ1n) is 6.86. The van der Waals surface area contributed by atoms with Gasteiger partial charge in [-0.3, -0.25) is 0 Å². The SMILES string of the molecule is C[C@@H](NO)C1=Cc2cc(Oc3ccccc3)ccc2OC1. The van der Waals surface area contributed by atoms with E-state index >= 15 is 0 Å². The van der Waals surface area contributed by atoms with Gasteiger partial charge in [0.2, 0.25) is 0 Å². The Morgan fingerprint density at radius 2 is 1.95 bits per heavy atom. The molecular weight excluding hydrogens is 266 g/mol. The van der Waals surface area contributed by atoms with E-state index in [-0.39, 0.29) is 6.04 Å². The highest BCUT2D eigenvalue weighted by Crippen LogP contribution is 2.32. The van der Waals surface area contributed by atoms with E-state index in [1.165, 1.54) is 0 Å². The molecule has 0 aromatic heterocycles. The first kappa shape index (κ1) is 13.7. The summed E-state index contributed by atoms with van der Waals surface area (Å²) in [5.41, 5.74) is 4.18. The highest BCUT2D eigenvalue weighted by molar-refractivity contribution is 5.65. The van der Waals surface area contributed by atoms with Crippen molar-refractivity contribution in [2.24, 2.45) is 0 Å². The lowest BCUT2D eigenvalue weighted by Crippen LogP contribution is -2.28. The molecule has 0 spiro atoms. The lowest BCUT2D eigenvalue weighted by atomic mass is 10.0. The zero-order chi connectivity index (χ0) is 14.7. The Balaban J connectivity index is 1.86. The summed E-state index contributed by atoms with van der Waals surface area (Å²) in [6.07, 6.45) is 2.02. The minimum Gasteiger partial charge on any atom is -0.489 e. The summed E-state index contributed by atoms with van der Waals surface area (Å²) in [6, 6.07) is 15.2. The van der Waals surface area contributed by atoms with E-state index in [4.69, 9.17) is 14.7 Å². The lowest BCUT2D eigenvalue weighted by Gasteiger charge is -2.22. The van der Waals surface area contributed by atoms with Crippen LogP contribution in [-0.4, -0.2) is 17.9 Å². The molecule has 2 aromatic rings. The van der Waals surface area contributed by atoms with Gasteiger partial charge >= 0.3 is 0 Å². The molecule has 4 nitrogen and oxygen atoms in total. The van der Waals surface area contributed by atoms with Crippen molar-refractivity contribution in [2.75, 3.05) is 6.61 Å². The number of benzene rings is 2. The molecule has 4 heteroatoms. The van der Waals surface area contributed by atoms with Crippen LogP contribution in [0.15, 0.2) is 54.1 Å². The van der Waals surface area contributed by atoms with Crippen molar-refractivity contribution in [3.63, 3.8) is 0 Å². The normalized spacial score (nSPS) is 14.7. The van der Waals surface area contributed by atoms with E-state index in [9.17, 15) is 0 Å². The third-order valence-corrected chi connectivity index (χ3v) is 3.45. The van der Waals surface area contributed by atoms with Crippen LogP contribution in [0.25, 0.3) is 6.08 Å². The molecule has 3 rings (SSSR count). The number of fused-ring (bicyclic) bond motifs is 1. The van der Waals surface area contributed by atoms with Gasteiger partial charge in [0.1, 0.15) is 23.9 Å². The summed E-state index contributed by atoms with van der Waals surface area (Å²) in [6.45, 7) is 2.35. The predicted molar refractivity (Wildman–Crippen MR) is 80.8 cm³/mol. The number of hydrogen-bond donors (Lipinski definition) is 2. The van der Waals surface area contributed by atoms with Crippen molar-refractivity contribution in [3.05, 3.63) is 59.7 Å². The number of ether oxygens (including phenoxy) is 2. The zero-order valence-corrected chi connectivity index (χ0v) is 11.7. The maximum Gasteiger partial charge on any atom is 0.128 e. The summed E-state index contributed by atoms with van der Waals surface area (Å²) >= 11 is 0. The summed E-state index contributed by atoms with van der Waals surface area (Å²) in [4.78, 5) is 0. The summed E-state index contributed by atoms with van der Waals surface area (Å²) in [5.74, 6) is 2.37.